The van der Waals surface area contributed by atoms with E-state index in [0.717, 1.165) is 15.6 Å². The first-order chi connectivity index (χ1) is 15.3. The number of anilines is 1. The number of carbonyl (C=O) groups excluding carboxylic acids is 1. The molecular formula is C24H28N4O3S. The van der Waals surface area contributed by atoms with Crippen molar-refractivity contribution in [2.24, 2.45) is 0 Å². The highest BCUT2D eigenvalue weighted by Crippen LogP contribution is 2.21. The minimum absolute atomic E-state index is 0.0937. The van der Waals surface area contributed by atoms with E-state index in [-0.39, 0.29) is 17.2 Å². The lowest BCUT2D eigenvalue weighted by molar-refractivity contribution is -0.133. The summed E-state index contributed by atoms with van der Waals surface area (Å²) in [4.78, 5) is 19.4. The summed E-state index contributed by atoms with van der Waals surface area (Å²) >= 11 is 0. The van der Waals surface area contributed by atoms with Crippen molar-refractivity contribution in [1.82, 2.24) is 14.2 Å². The van der Waals surface area contributed by atoms with Crippen LogP contribution in [-0.2, 0) is 27.7 Å². The van der Waals surface area contributed by atoms with Gasteiger partial charge in [-0.1, -0.05) is 36.4 Å². The van der Waals surface area contributed by atoms with Crippen molar-refractivity contribution in [3.63, 3.8) is 0 Å². The number of nitrogens with two attached hydrogens (primary N) is 1. The molecule has 0 aliphatic rings. The number of hydrogen-bond donors (Lipinski definition) is 1. The molecule has 32 heavy (non-hydrogen) atoms. The number of nitrogen functional groups attached to an aromatic ring is 1. The van der Waals surface area contributed by atoms with E-state index in [2.05, 4.69) is 4.98 Å². The average Bonchev–Trinajstić information content (AvgIpc) is 2.81. The number of hydrogen-bond acceptors (Lipinski definition) is 5. The Morgan fingerprint density at radius 1 is 0.969 bits per heavy atom. The molecule has 0 fully saturated rings. The third kappa shape index (κ3) is 5.72. The second-order valence-corrected chi connectivity index (χ2v) is 9.62. The zero-order valence-corrected chi connectivity index (χ0v) is 19.1. The number of benzene rings is 2. The van der Waals surface area contributed by atoms with Crippen molar-refractivity contribution in [3.8, 4) is 0 Å². The van der Waals surface area contributed by atoms with Crippen LogP contribution in [-0.4, -0.2) is 55.2 Å². The van der Waals surface area contributed by atoms with Gasteiger partial charge in [0.1, 0.15) is 6.04 Å². The molecule has 1 atom stereocenters. The molecule has 0 aliphatic heterocycles. The smallest absolute Gasteiger partial charge is 0.243 e. The number of sulfonamides is 1. The van der Waals surface area contributed by atoms with E-state index < -0.39 is 16.1 Å². The van der Waals surface area contributed by atoms with Gasteiger partial charge in [-0.3, -0.25) is 9.78 Å². The maximum absolute atomic E-state index is 13.4. The van der Waals surface area contributed by atoms with Crippen molar-refractivity contribution in [1.29, 1.82) is 0 Å². The van der Waals surface area contributed by atoms with E-state index in [4.69, 9.17) is 5.73 Å². The highest BCUT2D eigenvalue weighted by Gasteiger charge is 2.34. The average molecular weight is 453 g/mol. The van der Waals surface area contributed by atoms with Crippen LogP contribution in [0.3, 0.4) is 0 Å². The van der Waals surface area contributed by atoms with E-state index in [1.165, 1.54) is 31.3 Å². The second-order valence-electron chi connectivity index (χ2n) is 7.63. The molecule has 1 aromatic heterocycles. The standard InChI is InChI=1S/C24H28N4O3S/c1-27(17-15-21-10-6-7-16-26-21)24(29)23(18-19-8-4-3-5-9-19)28(2)32(30,31)22-13-11-20(25)12-14-22/h3-14,16,23H,15,17-18,25H2,1-2H3/t23-/m1/s1. The minimum atomic E-state index is -3.90. The Morgan fingerprint density at radius 3 is 2.25 bits per heavy atom. The summed E-state index contributed by atoms with van der Waals surface area (Å²) in [7, 11) is -0.767. The molecule has 0 radical (unpaired) electrons. The SMILES string of the molecule is CN(CCc1ccccn1)C(=O)[C@@H](Cc1ccccc1)N(C)S(=O)(=O)c1ccc(N)cc1. The first-order valence-electron chi connectivity index (χ1n) is 10.3. The Labute approximate surface area is 189 Å². The second kappa shape index (κ2) is 10.4. The van der Waals surface area contributed by atoms with Gasteiger partial charge in [0.25, 0.3) is 0 Å². The molecule has 2 aromatic carbocycles. The number of aromatic nitrogens is 1. The maximum Gasteiger partial charge on any atom is 0.243 e. The van der Waals surface area contributed by atoms with Gasteiger partial charge in [0, 0.05) is 44.6 Å². The molecule has 0 spiro atoms. The molecule has 0 aliphatic carbocycles. The lowest BCUT2D eigenvalue weighted by Gasteiger charge is -2.30. The van der Waals surface area contributed by atoms with Gasteiger partial charge in [0.15, 0.2) is 0 Å². The molecule has 3 rings (SSSR count). The molecule has 0 bridgehead atoms. The topological polar surface area (TPSA) is 96.6 Å². The number of pyridine rings is 1. The van der Waals surface area contributed by atoms with Crippen LogP contribution in [0.2, 0.25) is 0 Å². The van der Waals surface area contributed by atoms with Gasteiger partial charge in [-0.05, 0) is 48.4 Å². The fraction of sp³-hybridized carbons (Fsp3) is 0.250. The largest absolute Gasteiger partial charge is 0.399 e. The van der Waals surface area contributed by atoms with Gasteiger partial charge in [-0.15, -0.1) is 0 Å². The van der Waals surface area contributed by atoms with Gasteiger partial charge < -0.3 is 10.6 Å². The Hall–Kier alpha value is -3.23. The van der Waals surface area contributed by atoms with Gasteiger partial charge in [-0.25, -0.2) is 8.42 Å². The van der Waals surface area contributed by atoms with Crippen molar-refractivity contribution >= 4 is 21.6 Å². The highest BCUT2D eigenvalue weighted by atomic mass is 32.2. The third-order valence-corrected chi connectivity index (χ3v) is 7.24. The van der Waals surface area contributed by atoms with Gasteiger partial charge in [0.2, 0.25) is 15.9 Å². The Balaban J connectivity index is 1.85. The monoisotopic (exact) mass is 452 g/mol. The van der Waals surface area contributed by atoms with Gasteiger partial charge in [0.05, 0.1) is 4.90 Å². The minimum Gasteiger partial charge on any atom is -0.399 e. The van der Waals surface area contributed by atoms with Crippen molar-refractivity contribution in [2.45, 2.75) is 23.8 Å². The summed E-state index contributed by atoms with van der Waals surface area (Å²) in [5.74, 6) is -0.272. The van der Waals surface area contributed by atoms with Crippen LogP contribution in [0, 0.1) is 0 Å². The van der Waals surface area contributed by atoms with Crippen LogP contribution in [0.25, 0.3) is 0 Å². The molecule has 8 heteroatoms. The Bertz CT molecular complexity index is 1120. The highest BCUT2D eigenvalue weighted by molar-refractivity contribution is 7.89. The van der Waals surface area contributed by atoms with Crippen molar-refractivity contribution < 1.29 is 13.2 Å². The molecule has 0 saturated heterocycles. The summed E-state index contributed by atoms with van der Waals surface area (Å²) in [5, 5.41) is 0. The normalized spacial score (nSPS) is 12.5. The molecule has 1 heterocycles. The number of amides is 1. The van der Waals surface area contributed by atoms with Crippen molar-refractivity contribution in [3.05, 3.63) is 90.3 Å². The van der Waals surface area contributed by atoms with Crippen LogP contribution in [0.1, 0.15) is 11.3 Å². The molecule has 1 amide bonds. The number of carbonyl (C=O) groups is 1. The summed E-state index contributed by atoms with van der Waals surface area (Å²) in [6, 6.07) is 20.1. The van der Waals surface area contributed by atoms with E-state index in [0.29, 0.717) is 18.7 Å². The van der Waals surface area contributed by atoms with Crippen LogP contribution in [0.5, 0.6) is 0 Å². The fourth-order valence-corrected chi connectivity index (χ4v) is 4.69. The predicted octanol–water partition coefficient (Wildman–Crippen LogP) is 2.60. The third-order valence-electron chi connectivity index (χ3n) is 5.36. The lowest BCUT2D eigenvalue weighted by Crippen LogP contribution is -2.49. The molecular weight excluding hydrogens is 424 g/mol. The first kappa shape index (κ1) is 23.4. The predicted molar refractivity (Wildman–Crippen MR) is 125 cm³/mol. The number of nitrogens with zero attached hydrogens (tertiary/aromatic N) is 3. The van der Waals surface area contributed by atoms with Crippen LogP contribution >= 0.6 is 0 Å². The van der Waals surface area contributed by atoms with Gasteiger partial charge in [-0.2, -0.15) is 4.31 Å². The lowest BCUT2D eigenvalue weighted by atomic mass is 10.0. The van der Waals surface area contributed by atoms with E-state index in [1.807, 2.05) is 48.5 Å². The van der Waals surface area contributed by atoms with E-state index >= 15 is 0 Å². The fourth-order valence-electron chi connectivity index (χ4n) is 3.38. The van der Waals surface area contributed by atoms with Gasteiger partial charge >= 0.3 is 0 Å². The number of rotatable bonds is 9. The number of likely N-dealkylation sites (N-methyl/N-ethyl adjacent to an activating group) is 2. The summed E-state index contributed by atoms with van der Waals surface area (Å²) < 4.78 is 27.7. The van der Waals surface area contributed by atoms with E-state index in [9.17, 15) is 13.2 Å². The molecule has 3 aromatic rings. The summed E-state index contributed by atoms with van der Waals surface area (Å²) in [6.07, 6.45) is 2.55. The van der Waals surface area contributed by atoms with Crippen LogP contribution in [0.4, 0.5) is 5.69 Å². The Morgan fingerprint density at radius 2 is 1.62 bits per heavy atom. The van der Waals surface area contributed by atoms with Crippen LogP contribution in [0.15, 0.2) is 83.9 Å². The molecule has 2 N–H and O–H groups in total. The van der Waals surface area contributed by atoms with Crippen LogP contribution < -0.4 is 5.73 Å². The Kier molecular flexibility index (Phi) is 7.61. The zero-order valence-electron chi connectivity index (χ0n) is 18.3. The summed E-state index contributed by atoms with van der Waals surface area (Å²) in [5.41, 5.74) is 7.92. The quantitative estimate of drug-likeness (QED) is 0.504. The molecule has 0 saturated carbocycles. The maximum atomic E-state index is 13.4. The zero-order chi connectivity index (χ0) is 23.1. The molecule has 7 nitrogen and oxygen atoms in total. The molecule has 168 valence electrons. The van der Waals surface area contributed by atoms with Crippen molar-refractivity contribution in [2.75, 3.05) is 26.4 Å². The molecule has 0 unspecified atom stereocenters. The summed E-state index contributed by atoms with van der Waals surface area (Å²) in [6.45, 7) is 0.427. The van der Waals surface area contributed by atoms with E-state index in [1.54, 1.807) is 18.1 Å². The first-order valence-corrected chi connectivity index (χ1v) is 11.8.